The van der Waals surface area contributed by atoms with E-state index in [0.29, 0.717) is 7.18 Å². The molecule has 0 saturated carbocycles. The van der Waals surface area contributed by atoms with Gasteiger partial charge in [0.25, 0.3) is 0 Å². The molecule has 0 bridgehead atoms. The molecule has 1 N–H and O–H groups in total. The number of aliphatic carboxylic acids is 1. The van der Waals surface area contributed by atoms with Crippen molar-refractivity contribution in [3.63, 3.8) is 0 Å². The molecule has 2 rings (SSSR count). The maximum Gasteiger partial charge on any atom is 0.329 e. The van der Waals surface area contributed by atoms with Crippen LogP contribution in [0.15, 0.2) is 79.4 Å². The van der Waals surface area contributed by atoms with Crippen molar-refractivity contribution in [3.8, 4) is 0 Å². The lowest BCUT2D eigenvalue weighted by atomic mass is 10.2. The smallest absolute Gasteiger partial charge is 0.329 e. The summed E-state index contributed by atoms with van der Waals surface area (Å²) >= 11 is 2.28. The molecule has 0 aromatic heterocycles. The predicted molar refractivity (Wildman–Crippen MR) is 118 cm³/mol. The zero-order valence-electron chi connectivity index (χ0n) is 16.6. The molecule has 0 aliphatic rings. The van der Waals surface area contributed by atoms with E-state index < -0.39 is 11.9 Å². The van der Waals surface area contributed by atoms with Crippen LogP contribution in [0.3, 0.4) is 0 Å². The van der Waals surface area contributed by atoms with Gasteiger partial charge < -0.3 is 9.84 Å². The fourth-order valence-corrected chi connectivity index (χ4v) is 1.64. The largest absolute Gasteiger partial charge is 0.478 e. The molecule has 0 radical (unpaired) electrons. The van der Waals surface area contributed by atoms with Crippen LogP contribution in [0, 0.1) is 3.57 Å². The van der Waals surface area contributed by atoms with Crippen LogP contribution in [0.4, 0.5) is 4.39 Å². The van der Waals surface area contributed by atoms with E-state index in [-0.39, 0.29) is 0 Å². The number of carboxylic acid groups (broad SMARTS) is 1. The summed E-state index contributed by atoms with van der Waals surface area (Å²) in [5.74, 6) is -1.32. The molecule has 2 aromatic carbocycles. The highest BCUT2D eigenvalue weighted by Crippen LogP contribution is 2.00. The summed E-state index contributed by atoms with van der Waals surface area (Å²) in [5.41, 5.74) is 0.898. The Bertz CT molecular complexity index is 650. The second-order valence-electron chi connectivity index (χ2n) is 4.11. The van der Waals surface area contributed by atoms with Crippen LogP contribution < -0.4 is 0 Å². The molecule has 0 aliphatic heterocycles. The molecule has 6 heteroatoms. The van der Waals surface area contributed by atoms with E-state index in [9.17, 15) is 14.0 Å². The van der Waals surface area contributed by atoms with Crippen molar-refractivity contribution >= 4 is 40.6 Å². The lowest BCUT2D eigenvalue weighted by molar-refractivity contribution is -0.135. The van der Waals surface area contributed by atoms with E-state index in [4.69, 9.17) is 6.48 Å². The van der Waals surface area contributed by atoms with Crippen molar-refractivity contribution < 1.29 is 25.2 Å². The molecular weight excluding hydrogens is 462 g/mol. The van der Waals surface area contributed by atoms with E-state index in [2.05, 4.69) is 46.0 Å². The van der Waals surface area contributed by atoms with Crippen molar-refractivity contribution in [2.24, 2.45) is 0 Å². The monoisotopic (exact) mass is 489 g/mol. The number of carbonyl (C=O) groups excluding carboxylic acids is 1. The van der Waals surface area contributed by atoms with E-state index in [1.54, 1.807) is 6.08 Å². The van der Waals surface area contributed by atoms with Crippen LogP contribution in [0.25, 0.3) is 6.08 Å². The van der Waals surface area contributed by atoms with E-state index >= 15 is 0 Å². The van der Waals surface area contributed by atoms with E-state index in [0.717, 1.165) is 17.7 Å². The fourth-order valence-electron chi connectivity index (χ4n) is 1.23. The highest BCUT2D eigenvalue weighted by molar-refractivity contribution is 14.1. The molecular formula is C21H26FIO4. The number of benzene rings is 2. The number of esters is 1. The van der Waals surface area contributed by atoms with Crippen molar-refractivity contribution in [1.29, 1.82) is 0 Å². The van der Waals surface area contributed by atoms with Gasteiger partial charge in [-0.2, -0.15) is 0 Å². The van der Waals surface area contributed by atoms with Crippen molar-refractivity contribution in [1.82, 2.24) is 0 Å². The van der Waals surface area contributed by atoms with Crippen LogP contribution in [-0.4, -0.2) is 31.3 Å². The SMILES string of the molecule is C=CC(=O)OC.CF.Ic1ccccc1.O=C(O)/C=C/c1ccccc1.[2H]C. The number of ether oxygens (including phenoxy) is 1. The molecule has 0 aliphatic carbocycles. The van der Waals surface area contributed by atoms with Crippen LogP contribution in [0.2, 0.25) is 0 Å². The molecule has 0 heterocycles. The zero-order valence-corrected chi connectivity index (χ0v) is 17.8. The molecule has 0 fully saturated rings. The topological polar surface area (TPSA) is 63.6 Å². The Labute approximate surface area is 175 Å². The first-order valence-corrected chi connectivity index (χ1v) is 8.32. The van der Waals surface area contributed by atoms with Gasteiger partial charge in [0.15, 0.2) is 0 Å². The molecule has 2 aromatic rings. The highest BCUT2D eigenvalue weighted by Gasteiger charge is 1.86. The first-order valence-electron chi connectivity index (χ1n) is 8.24. The quantitative estimate of drug-likeness (QED) is 0.344. The normalized spacial score (nSPS) is 8.41. The van der Waals surface area contributed by atoms with Gasteiger partial charge in [-0.15, -0.1) is 0 Å². The zero-order chi connectivity index (χ0) is 22.2. The Balaban J connectivity index is -0.000000321. The average molecular weight is 489 g/mol. The number of halogens is 2. The molecule has 27 heavy (non-hydrogen) atoms. The number of carboxylic acids is 1. The second-order valence-corrected chi connectivity index (χ2v) is 5.35. The molecule has 0 spiro atoms. The average Bonchev–Trinajstić information content (AvgIpc) is 2.76. The molecule has 0 unspecified atom stereocenters. The number of alkyl halides is 1. The van der Waals surface area contributed by atoms with E-state index in [1.165, 1.54) is 18.1 Å². The summed E-state index contributed by atoms with van der Waals surface area (Å²) < 4.78 is 20.7. The summed E-state index contributed by atoms with van der Waals surface area (Å²) in [5, 5.41) is 8.29. The summed E-state index contributed by atoms with van der Waals surface area (Å²) in [4.78, 5) is 19.9. The molecule has 0 atom stereocenters. The summed E-state index contributed by atoms with van der Waals surface area (Å²) in [6.45, 7) is 3.16. The number of methoxy groups -OCH3 is 1. The predicted octanol–water partition coefficient (Wildman–Crippen LogP) is 5.64. The number of hydrogen-bond donors (Lipinski definition) is 1. The summed E-state index contributed by atoms with van der Waals surface area (Å²) in [6.07, 6.45) is 3.79. The van der Waals surface area contributed by atoms with Crippen molar-refractivity contribution in [2.45, 2.75) is 7.40 Å². The van der Waals surface area contributed by atoms with Gasteiger partial charge in [-0.25, -0.2) is 9.59 Å². The maximum absolute atomic E-state index is 10.1. The number of rotatable bonds is 3. The summed E-state index contributed by atoms with van der Waals surface area (Å²) in [7, 11) is 3.06. The minimum Gasteiger partial charge on any atom is -0.478 e. The van der Waals surface area contributed by atoms with E-state index in [1.807, 2.05) is 48.5 Å². The van der Waals surface area contributed by atoms with Crippen LogP contribution >= 0.6 is 22.6 Å². The third-order valence-electron chi connectivity index (χ3n) is 2.32. The van der Waals surface area contributed by atoms with Crippen LogP contribution in [0.5, 0.6) is 0 Å². The Morgan fingerprint density at radius 3 is 1.81 bits per heavy atom. The van der Waals surface area contributed by atoms with Gasteiger partial charge in [-0.05, 0) is 46.4 Å². The van der Waals surface area contributed by atoms with Gasteiger partial charge in [0.2, 0.25) is 0 Å². The third kappa shape index (κ3) is 21.5. The molecule has 148 valence electrons. The van der Waals surface area contributed by atoms with Crippen LogP contribution in [0.1, 0.15) is 14.3 Å². The Kier molecular flexibility index (Phi) is 21.4. The fraction of sp³-hybridized carbons (Fsp3) is 0.143. The van der Waals surface area contributed by atoms with Gasteiger partial charge in [0.05, 0.1) is 14.3 Å². The standard InChI is InChI=1S/C9H8O2.C6H5I.C4H6O2.CH3F.CH4/c10-9(11)7-6-8-4-2-1-3-5-8;7-6-4-2-1-3-5-6;1-3-4(5)6-2;1-2;/h1-7H,(H,10,11);1-5H;3H,1H2,2H3;1H3;1H4/b7-6+;;;;/i;;;;1D. The highest BCUT2D eigenvalue weighted by atomic mass is 127. The first-order chi connectivity index (χ1) is 13.5. The first kappa shape index (κ1) is 26.7. The molecule has 0 amide bonds. The number of carbonyl (C=O) groups is 2. The lowest BCUT2D eigenvalue weighted by Crippen LogP contribution is -1.91. The van der Waals surface area contributed by atoms with Crippen LogP contribution in [-0.2, 0) is 14.3 Å². The number of hydrogen-bond acceptors (Lipinski definition) is 3. The Morgan fingerprint density at radius 2 is 1.56 bits per heavy atom. The summed E-state index contributed by atoms with van der Waals surface area (Å²) in [6, 6.07) is 19.5. The lowest BCUT2D eigenvalue weighted by Gasteiger charge is -1.87. The minimum absolute atomic E-state index is 0.394. The van der Waals surface area contributed by atoms with Gasteiger partial charge in [0.1, 0.15) is 0 Å². The maximum atomic E-state index is 10.1. The van der Waals surface area contributed by atoms with Gasteiger partial charge in [-0.3, -0.25) is 4.39 Å². The van der Waals surface area contributed by atoms with Gasteiger partial charge in [0, 0.05) is 17.1 Å². The van der Waals surface area contributed by atoms with Crippen molar-refractivity contribution in [3.05, 3.63) is 88.5 Å². The third-order valence-corrected chi connectivity index (χ3v) is 3.04. The molecule has 0 saturated heterocycles. The van der Waals surface area contributed by atoms with Gasteiger partial charge in [-0.1, -0.05) is 62.5 Å². The Hall–Kier alpha value is -2.48. The second kappa shape index (κ2) is 21.6. The minimum atomic E-state index is -0.922. The Morgan fingerprint density at radius 1 is 1.11 bits per heavy atom. The van der Waals surface area contributed by atoms with Crippen molar-refractivity contribution in [2.75, 3.05) is 14.3 Å². The van der Waals surface area contributed by atoms with Gasteiger partial charge >= 0.3 is 11.9 Å². The molecule has 4 nitrogen and oxygen atoms in total.